The SMILES string of the molecule is CSc1ccc2nc(C(=O)O)[nH]c2c1. The number of benzene rings is 1. The number of rotatable bonds is 2. The van der Waals surface area contributed by atoms with Crippen LogP contribution in [0.3, 0.4) is 0 Å². The summed E-state index contributed by atoms with van der Waals surface area (Å²) in [7, 11) is 0. The predicted molar refractivity (Wildman–Crippen MR) is 54.8 cm³/mol. The van der Waals surface area contributed by atoms with Gasteiger partial charge in [-0.15, -0.1) is 11.8 Å². The molecule has 0 atom stereocenters. The van der Waals surface area contributed by atoms with Gasteiger partial charge in [0.2, 0.25) is 5.82 Å². The molecule has 0 fully saturated rings. The number of carboxylic acid groups (broad SMARTS) is 1. The highest BCUT2D eigenvalue weighted by Gasteiger charge is 2.08. The second-order valence-electron chi connectivity index (χ2n) is 2.77. The normalized spacial score (nSPS) is 10.6. The molecule has 0 amide bonds. The van der Waals surface area contributed by atoms with E-state index in [-0.39, 0.29) is 5.82 Å². The Labute approximate surface area is 84.4 Å². The number of nitrogens with one attached hydrogen (secondary N) is 1. The molecule has 72 valence electrons. The summed E-state index contributed by atoms with van der Waals surface area (Å²) in [6, 6.07) is 5.61. The van der Waals surface area contributed by atoms with Crippen molar-refractivity contribution in [2.75, 3.05) is 6.26 Å². The molecular formula is C9H8N2O2S. The Morgan fingerprint density at radius 1 is 1.57 bits per heavy atom. The number of H-pyrrole nitrogens is 1. The lowest BCUT2D eigenvalue weighted by Gasteiger charge is -1.93. The molecule has 4 nitrogen and oxygen atoms in total. The zero-order chi connectivity index (χ0) is 10.1. The number of imidazole rings is 1. The summed E-state index contributed by atoms with van der Waals surface area (Å²) in [6.45, 7) is 0. The van der Waals surface area contributed by atoms with Crippen molar-refractivity contribution in [1.29, 1.82) is 0 Å². The van der Waals surface area contributed by atoms with Crippen LogP contribution in [0.25, 0.3) is 11.0 Å². The van der Waals surface area contributed by atoms with Crippen LogP contribution in [0, 0.1) is 0 Å². The Morgan fingerprint density at radius 3 is 3.00 bits per heavy atom. The van der Waals surface area contributed by atoms with E-state index in [1.165, 1.54) is 0 Å². The van der Waals surface area contributed by atoms with Gasteiger partial charge in [-0.3, -0.25) is 0 Å². The Bertz CT molecular complexity index is 493. The highest BCUT2D eigenvalue weighted by Crippen LogP contribution is 2.20. The first-order valence-electron chi connectivity index (χ1n) is 3.98. The van der Waals surface area contributed by atoms with Gasteiger partial charge in [-0.05, 0) is 24.5 Å². The highest BCUT2D eigenvalue weighted by atomic mass is 32.2. The summed E-state index contributed by atoms with van der Waals surface area (Å²) in [6.07, 6.45) is 1.97. The molecule has 0 saturated heterocycles. The van der Waals surface area contributed by atoms with E-state index in [9.17, 15) is 4.79 Å². The van der Waals surface area contributed by atoms with E-state index in [0.717, 1.165) is 10.4 Å². The Hall–Kier alpha value is -1.49. The van der Waals surface area contributed by atoms with Gasteiger partial charge in [0.15, 0.2) is 0 Å². The predicted octanol–water partition coefficient (Wildman–Crippen LogP) is 1.98. The fourth-order valence-electron chi connectivity index (χ4n) is 1.22. The van der Waals surface area contributed by atoms with Crippen LogP contribution < -0.4 is 0 Å². The number of hydrogen-bond donors (Lipinski definition) is 2. The number of carboxylic acids is 1. The standard InChI is InChI=1S/C9H8N2O2S/c1-14-5-2-3-6-7(4-5)11-8(10-6)9(12)13/h2-4H,1H3,(H,10,11)(H,12,13). The number of thioether (sulfide) groups is 1. The maximum Gasteiger partial charge on any atom is 0.371 e. The van der Waals surface area contributed by atoms with E-state index >= 15 is 0 Å². The number of aromatic carboxylic acids is 1. The van der Waals surface area contributed by atoms with Crippen molar-refractivity contribution in [3.8, 4) is 0 Å². The number of hydrogen-bond acceptors (Lipinski definition) is 3. The van der Waals surface area contributed by atoms with Crippen molar-refractivity contribution in [3.63, 3.8) is 0 Å². The van der Waals surface area contributed by atoms with Gasteiger partial charge in [-0.2, -0.15) is 0 Å². The third-order valence-corrected chi connectivity index (χ3v) is 2.62. The molecule has 0 saturated carbocycles. The number of aromatic amines is 1. The van der Waals surface area contributed by atoms with Gasteiger partial charge in [0, 0.05) is 4.90 Å². The summed E-state index contributed by atoms with van der Waals surface area (Å²) in [5.74, 6) is -1.05. The van der Waals surface area contributed by atoms with Crippen LogP contribution in [0.4, 0.5) is 0 Å². The highest BCUT2D eigenvalue weighted by molar-refractivity contribution is 7.98. The van der Waals surface area contributed by atoms with Crippen LogP contribution in [-0.2, 0) is 0 Å². The van der Waals surface area contributed by atoms with Gasteiger partial charge < -0.3 is 10.1 Å². The Morgan fingerprint density at radius 2 is 2.36 bits per heavy atom. The molecule has 0 aliphatic rings. The van der Waals surface area contributed by atoms with Gasteiger partial charge in [-0.1, -0.05) is 0 Å². The van der Waals surface area contributed by atoms with Gasteiger partial charge in [0.25, 0.3) is 0 Å². The largest absolute Gasteiger partial charge is 0.475 e. The third-order valence-electron chi connectivity index (χ3n) is 1.89. The Balaban J connectivity index is 2.60. The van der Waals surface area contributed by atoms with Crippen LogP contribution in [0.2, 0.25) is 0 Å². The fourth-order valence-corrected chi connectivity index (χ4v) is 1.66. The lowest BCUT2D eigenvalue weighted by Crippen LogP contribution is -1.97. The number of carbonyl (C=O) groups is 1. The Kier molecular flexibility index (Phi) is 2.17. The summed E-state index contributed by atoms with van der Waals surface area (Å²) in [5, 5.41) is 8.71. The number of nitrogens with zero attached hydrogens (tertiary/aromatic N) is 1. The molecule has 0 unspecified atom stereocenters. The maximum absolute atomic E-state index is 10.6. The molecule has 0 spiro atoms. The van der Waals surface area contributed by atoms with Gasteiger partial charge in [-0.25, -0.2) is 9.78 Å². The molecule has 2 rings (SSSR count). The van der Waals surface area contributed by atoms with E-state index in [2.05, 4.69) is 9.97 Å². The quantitative estimate of drug-likeness (QED) is 0.740. The van der Waals surface area contributed by atoms with Crippen molar-refractivity contribution in [3.05, 3.63) is 24.0 Å². The first kappa shape index (κ1) is 9.08. The summed E-state index contributed by atoms with van der Waals surface area (Å²) in [5.41, 5.74) is 1.44. The van der Waals surface area contributed by atoms with Crippen LogP contribution in [-0.4, -0.2) is 27.3 Å². The second kappa shape index (κ2) is 3.34. The molecule has 14 heavy (non-hydrogen) atoms. The topological polar surface area (TPSA) is 66.0 Å². The minimum atomic E-state index is -1.04. The zero-order valence-corrected chi connectivity index (χ0v) is 8.26. The molecule has 0 aliphatic carbocycles. The molecule has 2 aromatic rings. The molecule has 2 N–H and O–H groups in total. The van der Waals surface area contributed by atoms with E-state index < -0.39 is 5.97 Å². The average molecular weight is 208 g/mol. The molecule has 0 radical (unpaired) electrons. The first-order chi connectivity index (χ1) is 6.70. The van der Waals surface area contributed by atoms with E-state index in [0.29, 0.717) is 5.52 Å². The van der Waals surface area contributed by atoms with E-state index in [1.54, 1.807) is 11.8 Å². The molecule has 0 aliphatic heterocycles. The smallest absolute Gasteiger partial charge is 0.371 e. The summed E-state index contributed by atoms with van der Waals surface area (Å²) < 4.78 is 0. The molecule has 1 heterocycles. The number of fused-ring (bicyclic) bond motifs is 1. The van der Waals surface area contributed by atoms with E-state index in [1.807, 2.05) is 24.5 Å². The molecule has 5 heteroatoms. The average Bonchev–Trinajstić information content (AvgIpc) is 2.59. The van der Waals surface area contributed by atoms with Gasteiger partial charge >= 0.3 is 5.97 Å². The zero-order valence-electron chi connectivity index (χ0n) is 7.44. The van der Waals surface area contributed by atoms with Crippen LogP contribution in [0.15, 0.2) is 23.1 Å². The molecule has 1 aromatic carbocycles. The van der Waals surface area contributed by atoms with E-state index in [4.69, 9.17) is 5.11 Å². The lowest BCUT2D eigenvalue weighted by atomic mass is 10.3. The lowest BCUT2D eigenvalue weighted by molar-refractivity contribution is 0.0685. The van der Waals surface area contributed by atoms with Crippen molar-refractivity contribution < 1.29 is 9.90 Å². The molecular weight excluding hydrogens is 200 g/mol. The third kappa shape index (κ3) is 1.46. The monoisotopic (exact) mass is 208 g/mol. The van der Waals surface area contributed by atoms with Crippen LogP contribution in [0.5, 0.6) is 0 Å². The molecule has 1 aromatic heterocycles. The summed E-state index contributed by atoms with van der Waals surface area (Å²) in [4.78, 5) is 18.4. The van der Waals surface area contributed by atoms with Crippen molar-refractivity contribution in [2.24, 2.45) is 0 Å². The van der Waals surface area contributed by atoms with Crippen molar-refractivity contribution in [2.45, 2.75) is 4.90 Å². The molecule has 0 bridgehead atoms. The van der Waals surface area contributed by atoms with Gasteiger partial charge in [0.05, 0.1) is 11.0 Å². The van der Waals surface area contributed by atoms with Crippen molar-refractivity contribution in [1.82, 2.24) is 9.97 Å². The first-order valence-corrected chi connectivity index (χ1v) is 5.20. The second-order valence-corrected chi connectivity index (χ2v) is 3.65. The minimum Gasteiger partial charge on any atom is -0.475 e. The van der Waals surface area contributed by atoms with Gasteiger partial charge in [0.1, 0.15) is 0 Å². The fraction of sp³-hybridized carbons (Fsp3) is 0.111. The summed E-state index contributed by atoms with van der Waals surface area (Å²) >= 11 is 1.61. The number of aromatic nitrogens is 2. The van der Waals surface area contributed by atoms with Crippen LogP contribution in [0.1, 0.15) is 10.6 Å². The van der Waals surface area contributed by atoms with Crippen molar-refractivity contribution >= 4 is 28.8 Å². The maximum atomic E-state index is 10.6. The van der Waals surface area contributed by atoms with Crippen LogP contribution >= 0.6 is 11.8 Å². The minimum absolute atomic E-state index is 0.0155.